The molecule has 11 aromatic carbocycles. The average molecular weight is 867 g/mol. The Labute approximate surface area is 399 Å². The summed E-state index contributed by atoms with van der Waals surface area (Å²) in [5.74, 6) is 0. The molecular weight excluding hydrogens is 820 g/mol. The summed E-state index contributed by atoms with van der Waals surface area (Å²) in [6.45, 7) is 4.80. The highest BCUT2D eigenvalue weighted by atomic mass is 15.2. The molecule has 0 N–H and O–H groups in total. The van der Waals surface area contributed by atoms with Gasteiger partial charge in [0.15, 0.2) is 0 Å². The van der Waals surface area contributed by atoms with Crippen LogP contribution in [0.2, 0.25) is 0 Å². The fourth-order valence-electron chi connectivity index (χ4n) is 11.5. The molecule has 0 spiro atoms. The molecule has 3 heteroatoms. The molecule has 0 bridgehead atoms. The van der Waals surface area contributed by atoms with Crippen molar-refractivity contribution in [3.8, 4) is 33.4 Å². The minimum Gasteiger partial charge on any atom is -0.311 e. The highest BCUT2D eigenvalue weighted by molar-refractivity contribution is 7.00. The molecule has 0 unspecified atom stereocenters. The van der Waals surface area contributed by atoms with Gasteiger partial charge in [-0.2, -0.15) is 0 Å². The van der Waals surface area contributed by atoms with E-state index in [4.69, 9.17) is 0 Å². The number of anilines is 6. The highest BCUT2D eigenvalue weighted by Crippen LogP contribution is 2.49. The van der Waals surface area contributed by atoms with Gasteiger partial charge in [0.2, 0.25) is 0 Å². The molecule has 13 rings (SSSR count). The topological polar surface area (TPSA) is 6.48 Å². The fraction of sp³-hybridized carbons (Fsp3) is 0.0462. The summed E-state index contributed by atoms with van der Waals surface area (Å²) in [5.41, 5.74) is 20.5. The van der Waals surface area contributed by atoms with Crippen LogP contribution < -0.4 is 26.2 Å². The third-order valence-electron chi connectivity index (χ3n) is 14.7. The van der Waals surface area contributed by atoms with Crippen molar-refractivity contribution in [2.75, 3.05) is 9.80 Å². The maximum Gasteiger partial charge on any atom is 0.252 e. The number of hydrogen-bond acceptors (Lipinski definition) is 2. The van der Waals surface area contributed by atoms with Crippen LogP contribution in [0.15, 0.2) is 249 Å². The van der Waals surface area contributed by atoms with Gasteiger partial charge in [-0.05, 0) is 137 Å². The first-order valence-electron chi connectivity index (χ1n) is 23.8. The van der Waals surface area contributed by atoms with E-state index in [0.717, 1.165) is 11.4 Å². The lowest BCUT2D eigenvalue weighted by atomic mass is 9.33. The molecule has 320 valence electrons. The monoisotopic (exact) mass is 866 g/mol. The molecule has 2 aliphatic rings. The molecule has 2 aliphatic heterocycles. The maximum atomic E-state index is 2.51. The molecule has 0 saturated carbocycles. The normalized spacial score (nSPS) is 12.8. The summed E-state index contributed by atoms with van der Waals surface area (Å²) in [5, 5.41) is 4.99. The van der Waals surface area contributed by atoms with Crippen molar-refractivity contribution < 1.29 is 0 Å². The summed E-state index contributed by atoms with van der Waals surface area (Å²) >= 11 is 0. The Balaban J connectivity index is 1.14. The Morgan fingerprint density at radius 2 is 0.691 bits per heavy atom. The van der Waals surface area contributed by atoms with Crippen molar-refractivity contribution in [3.05, 3.63) is 260 Å². The van der Waals surface area contributed by atoms with E-state index in [9.17, 15) is 0 Å². The average Bonchev–Trinajstić information content (AvgIpc) is 3.40. The van der Waals surface area contributed by atoms with Gasteiger partial charge in [-0.15, -0.1) is 0 Å². The second-order valence-electron chi connectivity index (χ2n) is 18.8. The number of para-hydroxylation sites is 4. The van der Waals surface area contributed by atoms with E-state index in [1.54, 1.807) is 0 Å². The SMILES string of the molecule is CC(C)(c1ccccc1)c1cc(-c2cc3c4c(c2)N(c2ccccc2)c2ccccc2B4c2ccccc2N3c2ccccc2)cc(-c2c3ccccc3c(-c3ccccc3)c3ccccc23)c1. The van der Waals surface area contributed by atoms with Crippen LogP contribution >= 0.6 is 0 Å². The van der Waals surface area contributed by atoms with E-state index in [1.807, 2.05) is 0 Å². The molecule has 0 radical (unpaired) electrons. The summed E-state index contributed by atoms with van der Waals surface area (Å²) in [6.07, 6.45) is 0. The number of nitrogens with zero attached hydrogens (tertiary/aromatic N) is 2. The first-order chi connectivity index (χ1) is 33.5. The Morgan fingerprint density at radius 1 is 0.309 bits per heavy atom. The third-order valence-corrected chi connectivity index (χ3v) is 14.7. The molecule has 2 heterocycles. The lowest BCUT2D eigenvalue weighted by molar-refractivity contribution is 0.641. The van der Waals surface area contributed by atoms with Gasteiger partial charge in [0.05, 0.1) is 0 Å². The Kier molecular flexibility index (Phi) is 9.33. The van der Waals surface area contributed by atoms with Crippen LogP contribution in [0, 0.1) is 0 Å². The molecule has 0 aliphatic carbocycles. The Bertz CT molecular complexity index is 3550. The molecule has 68 heavy (non-hydrogen) atoms. The van der Waals surface area contributed by atoms with Crippen LogP contribution in [0.5, 0.6) is 0 Å². The van der Waals surface area contributed by atoms with Crippen LogP contribution in [0.25, 0.3) is 54.9 Å². The smallest absolute Gasteiger partial charge is 0.252 e. The first-order valence-corrected chi connectivity index (χ1v) is 23.8. The number of rotatable bonds is 7. The minimum absolute atomic E-state index is 0.0427. The van der Waals surface area contributed by atoms with E-state index >= 15 is 0 Å². The zero-order chi connectivity index (χ0) is 45.3. The summed E-state index contributed by atoms with van der Waals surface area (Å²) in [7, 11) is 0. The van der Waals surface area contributed by atoms with Gasteiger partial charge >= 0.3 is 0 Å². The Hall–Kier alpha value is -8.40. The number of fused-ring (bicyclic) bond motifs is 6. The van der Waals surface area contributed by atoms with Gasteiger partial charge in [0.25, 0.3) is 6.71 Å². The summed E-state index contributed by atoms with van der Waals surface area (Å²) in [6, 6.07) is 92.3. The molecular formula is C65H47BN2. The van der Waals surface area contributed by atoms with Crippen LogP contribution in [0.4, 0.5) is 34.1 Å². The predicted octanol–water partition coefficient (Wildman–Crippen LogP) is 15.4. The van der Waals surface area contributed by atoms with E-state index in [2.05, 4.69) is 272 Å². The summed E-state index contributed by atoms with van der Waals surface area (Å²) in [4.78, 5) is 5.01. The zero-order valence-corrected chi connectivity index (χ0v) is 38.1. The van der Waals surface area contributed by atoms with Crippen LogP contribution in [0.1, 0.15) is 25.0 Å². The quantitative estimate of drug-likeness (QED) is 0.116. The molecule has 0 fully saturated rings. The predicted molar refractivity (Wildman–Crippen MR) is 290 cm³/mol. The largest absolute Gasteiger partial charge is 0.311 e. The van der Waals surface area contributed by atoms with Crippen LogP contribution in [-0.4, -0.2) is 6.71 Å². The van der Waals surface area contributed by atoms with Crippen molar-refractivity contribution >= 4 is 78.8 Å². The van der Waals surface area contributed by atoms with Crippen molar-refractivity contribution in [1.82, 2.24) is 0 Å². The van der Waals surface area contributed by atoms with Crippen LogP contribution in [-0.2, 0) is 5.41 Å². The molecule has 2 nitrogen and oxygen atoms in total. The van der Waals surface area contributed by atoms with Crippen LogP contribution in [0.3, 0.4) is 0 Å². The van der Waals surface area contributed by atoms with Crippen molar-refractivity contribution in [1.29, 1.82) is 0 Å². The zero-order valence-electron chi connectivity index (χ0n) is 38.1. The van der Waals surface area contributed by atoms with Gasteiger partial charge in [-0.25, -0.2) is 0 Å². The maximum absolute atomic E-state index is 2.51. The second-order valence-corrected chi connectivity index (χ2v) is 18.8. The number of hydrogen-bond donors (Lipinski definition) is 0. The lowest BCUT2D eigenvalue weighted by Gasteiger charge is -2.44. The lowest BCUT2D eigenvalue weighted by Crippen LogP contribution is -2.61. The van der Waals surface area contributed by atoms with E-state index in [1.165, 1.54) is 105 Å². The number of benzene rings is 11. The fourth-order valence-corrected chi connectivity index (χ4v) is 11.5. The van der Waals surface area contributed by atoms with Crippen molar-refractivity contribution in [2.45, 2.75) is 19.3 Å². The van der Waals surface area contributed by atoms with E-state index in [0.29, 0.717) is 0 Å². The van der Waals surface area contributed by atoms with Crippen molar-refractivity contribution in [3.63, 3.8) is 0 Å². The molecule has 11 aromatic rings. The van der Waals surface area contributed by atoms with Gasteiger partial charge in [0, 0.05) is 39.5 Å². The molecule has 0 atom stereocenters. The van der Waals surface area contributed by atoms with Gasteiger partial charge in [0.1, 0.15) is 0 Å². The van der Waals surface area contributed by atoms with Gasteiger partial charge < -0.3 is 9.80 Å². The minimum atomic E-state index is -0.320. The Morgan fingerprint density at radius 3 is 1.19 bits per heavy atom. The summed E-state index contributed by atoms with van der Waals surface area (Å²) < 4.78 is 0. The van der Waals surface area contributed by atoms with Crippen molar-refractivity contribution in [2.24, 2.45) is 0 Å². The van der Waals surface area contributed by atoms with E-state index < -0.39 is 0 Å². The molecule has 0 aromatic heterocycles. The third kappa shape index (κ3) is 6.27. The van der Waals surface area contributed by atoms with E-state index in [-0.39, 0.29) is 12.1 Å². The molecule has 0 amide bonds. The van der Waals surface area contributed by atoms with Gasteiger partial charge in [-0.1, -0.05) is 208 Å². The first kappa shape index (κ1) is 39.9. The highest BCUT2D eigenvalue weighted by Gasteiger charge is 2.43. The van der Waals surface area contributed by atoms with Gasteiger partial charge in [-0.3, -0.25) is 0 Å². The molecule has 0 saturated heterocycles. The standard InChI is InChI=1S/C65H47BN2/c1-65(2,48-25-9-4-10-26-48)49-40-45(39-47(41-49)63-54-33-17-15-31-52(54)62(44-23-7-3-8-24-44)53-32-16-18-34-55(53)63)46-42-60-64-61(43-46)68(51-29-13-6-14-30-51)59-38-22-20-36-57(59)66(64)56-35-19-21-37-58(56)67(60)50-27-11-5-12-28-50/h3-43H,1-2H3. The second kappa shape index (κ2) is 15.9.